The Morgan fingerprint density at radius 2 is 1.87 bits per heavy atom. The number of aliphatic imine (C=N–C) groups is 1. The highest BCUT2D eigenvalue weighted by Gasteiger charge is 2.24. The molecule has 2 aromatic rings. The third kappa shape index (κ3) is 3.66. The quantitative estimate of drug-likeness (QED) is 0.793. The van der Waals surface area contributed by atoms with Crippen LogP contribution in [-0.2, 0) is 4.79 Å². The predicted molar refractivity (Wildman–Crippen MR) is 98.2 cm³/mol. The summed E-state index contributed by atoms with van der Waals surface area (Å²) >= 11 is 7.44. The van der Waals surface area contributed by atoms with E-state index in [-0.39, 0.29) is 5.91 Å². The molecule has 0 saturated carbocycles. The summed E-state index contributed by atoms with van der Waals surface area (Å²) in [5.74, 6) is -0.131. The molecule has 5 heteroatoms. The number of amides is 1. The molecule has 1 aliphatic rings. The van der Waals surface area contributed by atoms with Crippen molar-refractivity contribution in [3.05, 3.63) is 69.1 Å². The molecule has 23 heavy (non-hydrogen) atoms. The molecule has 1 N–H and O–H groups in total. The van der Waals surface area contributed by atoms with Crippen molar-refractivity contribution in [2.75, 3.05) is 0 Å². The summed E-state index contributed by atoms with van der Waals surface area (Å²) in [5.41, 5.74) is 3.84. The molecule has 1 aliphatic heterocycles. The molecule has 2 aromatic carbocycles. The second-order valence-electron chi connectivity index (χ2n) is 5.28. The largest absolute Gasteiger partial charge is 0.300 e. The lowest BCUT2D eigenvalue weighted by Crippen LogP contribution is -2.19. The fourth-order valence-corrected chi connectivity index (χ4v) is 3.13. The molecular weight excluding hydrogens is 328 g/mol. The van der Waals surface area contributed by atoms with Crippen molar-refractivity contribution in [2.45, 2.75) is 13.8 Å². The minimum Gasteiger partial charge on any atom is -0.300 e. The van der Waals surface area contributed by atoms with Crippen molar-refractivity contribution >= 4 is 46.2 Å². The Morgan fingerprint density at radius 1 is 1.13 bits per heavy atom. The normalized spacial score (nSPS) is 17.8. The second kappa shape index (κ2) is 6.60. The summed E-state index contributed by atoms with van der Waals surface area (Å²) in [5, 5.41) is 4.03. The zero-order valence-electron chi connectivity index (χ0n) is 12.8. The molecule has 0 radical (unpaired) electrons. The summed E-state index contributed by atoms with van der Waals surface area (Å²) in [4.78, 5) is 17.2. The second-order valence-corrected chi connectivity index (χ2v) is 6.71. The van der Waals surface area contributed by atoms with E-state index >= 15 is 0 Å². The summed E-state index contributed by atoms with van der Waals surface area (Å²) in [6.45, 7) is 3.94. The van der Waals surface area contributed by atoms with Gasteiger partial charge in [-0.15, -0.1) is 0 Å². The molecule has 0 aromatic heterocycles. The van der Waals surface area contributed by atoms with Gasteiger partial charge in [0.1, 0.15) is 0 Å². The number of rotatable bonds is 2. The molecular formula is C18H15ClN2OS. The third-order valence-electron chi connectivity index (χ3n) is 3.49. The Hall–Kier alpha value is -2.04. The van der Waals surface area contributed by atoms with Gasteiger partial charge in [-0.05, 0) is 54.9 Å². The Balaban J connectivity index is 1.86. The van der Waals surface area contributed by atoms with Crippen LogP contribution in [0.2, 0.25) is 5.02 Å². The predicted octanol–water partition coefficient (Wildman–Crippen LogP) is 4.85. The van der Waals surface area contributed by atoms with Gasteiger partial charge in [-0.3, -0.25) is 4.79 Å². The molecule has 1 fully saturated rings. The standard InChI is InChI=1S/C18H15ClN2OS/c1-11-6-8-13(9-7-11)10-16-17(22)21-18(23-16)20-15-5-3-4-14(19)12(15)2/h3-10H,1-2H3,(H,20,21,22)/b16-10-. The van der Waals surface area contributed by atoms with Crippen LogP contribution in [0.25, 0.3) is 6.08 Å². The summed E-state index contributed by atoms with van der Waals surface area (Å²) in [6.07, 6.45) is 1.87. The highest BCUT2D eigenvalue weighted by Crippen LogP contribution is 2.31. The molecule has 1 heterocycles. The van der Waals surface area contributed by atoms with E-state index in [0.29, 0.717) is 15.1 Å². The first-order chi connectivity index (χ1) is 11.0. The minimum absolute atomic E-state index is 0.131. The smallest absolute Gasteiger partial charge is 0.264 e. The van der Waals surface area contributed by atoms with E-state index in [4.69, 9.17) is 11.6 Å². The van der Waals surface area contributed by atoms with Crippen molar-refractivity contribution < 1.29 is 4.79 Å². The number of amidine groups is 1. The molecule has 3 nitrogen and oxygen atoms in total. The van der Waals surface area contributed by atoms with Gasteiger partial charge >= 0.3 is 0 Å². The van der Waals surface area contributed by atoms with E-state index in [1.54, 1.807) is 0 Å². The first-order valence-electron chi connectivity index (χ1n) is 7.14. The average Bonchev–Trinajstić information content (AvgIpc) is 2.86. The third-order valence-corrected chi connectivity index (χ3v) is 4.81. The Morgan fingerprint density at radius 3 is 2.61 bits per heavy atom. The van der Waals surface area contributed by atoms with Gasteiger partial charge in [0, 0.05) is 5.02 Å². The van der Waals surface area contributed by atoms with Gasteiger partial charge in [-0.2, -0.15) is 0 Å². The monoisotopic (exact) mass is 342 g/mol. The van der Waals surface area contributed by atoms with Crippen LogP contribution in [-0.4, -0.2) is 11.1 Å². The molecule has 1 saturated heterocycles. The van der Waals surface area contributed by atoms with Gasteiger partial charge in [-0.1, -0.05) is 47.5 Å². The van der Waals surface area contributed by atoms with E-state index < -0.39 is 0 Å². The van der Waals surface area contributed by atoms with Gasteiger partial charge in [-0.25, -0.2) is 4.99 Å². The van der Waals surface area contributed by atoms with Gasteiger partial charge in [0.25, 0.3) is 5.91 Å². The van der Waals surface area contributed by atoms with Crippen molar-refractivity contribution in [3.63, 3.8) is 0 Å². The Kier molecular flexibility index (Phi) is 4.55. The molecule has 0 spiro atoms. The first kappa shape index (κ1) is 15.8. The molecule has 116 valence electrons. The number of benzene rings is 2. The number of hydrogen-bond acceptors (Lipinski definition) is 3. The maximum absolute atomic E-state index is 12.1. The summed E-state index contributed by atoms with van der Waals surface area (Å²) in [6, 6.07) is 13.6. The lowest BCUT2D eigenvalue weighted by atomic mass is 10.1. The molecule has 3 rings (SSSR count). The van der Waals surface area contributed by atoms with Crippen LogP contribution >= 0.6 is 23.4 Å². The number of hydrogen-bond donors (Lipinski definition) is 1. The SMILES string of the molecule is Cc1ccc(/C=C2\SC(=Nc3cccc(Cl)c3C)NC2=O)cc1. The number of carbonyl (C=O) groups is 1. The number of thioether (sulfide) groups is 1. The van der Waals surface area contributed by atoms with E-state index in [1.807, 2.05) is 62.4 Å². The van der Waals surface area contributed by atoms with Gasteiger partial charge < -0.3 is 5.32 Å². The van der Waals surface area contributed by atoms with Crippen LogP contribution in [0.5, 0.6) is 0 Å². The zero-order chi connectivity index (χ0) is 16.4. The van der Waals surface area contributed by atoms with Crippen LogP contribution in [0.3, 0.4) is 0 Å². The number of halogens is 1. The fourth-order valence-electron chi connectivity index (χ4n) is 2.12. The van der Waals surface area contributed by atoms with E-state index in [1.165, 1.54) is 17.3 Å². The Bertz CT molecular complexity index is 825. The van der Waals surface area contributed by atoms with Crippen molar-refractivity contribution in [2.24, 2.45) is 4.99 Å². The maximum Gasteiger partial charge on any atom is 0.264 e. The highest BCUT2D eigenvalue weighted by molar-refractivity contribution is 8.18. The number of aryl methyl sites for hydroxylation is 1. The lowest BCUT2D eigenvalue weighted by Gasteiger charge is -2.02. The Labute approximate surface area is 144 Å². The van der Waals surface area contributed by atoms with E-state index in [0.717, 1.165) is 16.8 Å². The van der Waals surface area contributed by atoms with Gasteiger partial charge in [0.05, 0.1) is 10.6 Å². The van der Waals surface area contributed by atoms with Crippen LogP contribution in [0.4, 0.5) is 5.69 Å². The maximum atomic E-state index is 12.1. The van der Waals surface area contributed by atoms with Gasteiger partial charge in [0.2, 0.25) is 0 Å². The number of nitrogens with one attached hydrogen (secondary N) is 1. The van der Waals surface area contributed by atoms with Crippen LogP contribution in [0.1, 0.15) is 16.7 Å². The topological polar surface area (TPSA) is 41.5 Å². The summed E-state index contributed by atoms with van der Waals surface area (Å²) in [7, 11) is 0. The van der Waals surface area contributed by atoms with Crippen molar-refractivity contribution in [1.82, 2.24) is 5.32 Å². The van der Waals surface area contributed by atoms with Crippen LogP contribution in [0, 0.1) is 13.8 Å². The molecule has 0 unspecified atom stereocenters. The molecule has 0 aliphatic carbocycles. The van der Waals surface area contributed by atoms with Crippen LogP contribution < -0.4 is 5.32 Å². The molecule has 0 atom stereocenters. The van der Waals surface area contributed by atoms with Crippen LogP contribution in [0.15, 0.2) is 52.4 Å². The van der Waals surface area contributed by atoms with E-state index in [9.17, 15) is 4.79 Å². The molecule has 1 amide bonds. The fraction of sp³-hybridized carbons (Fsp3) is 0.111. The lowest BCUT2D eigenvalue weighted by molar-refractivity contribution is -0.115. The van der Waals surface area contributed by atoms with Gasteiger partial charge in [0.15, 0.2) is 5.17 Å². The highest BCUT2D eigenvalue weighted by atomic mass is 35.5. The number of carbonyl (C=O) groups excluding carboxylic acids is 1. The van der Waals surface area contributed by atoms with Crippen molar-refractivity contribution in [1.29, 1.82) is 0 Å². The minimum atomic E-state index is -0.131. The van der Waals surface area contributed by atoms with E-state index in [2.05, 4.69) is 10.3 Å². The van der Waals surface area contributed by atoms with Crippen molar-refractivity contribution in [3.8, 4) is 0 Å². The number of nitrogens with zero attached hydrogens (tertiary/aromatic N) is 1. The average molecular weight is 343 g/mol. The first-order valence-corrected chi connectivity index (χ1v) is 8.34. The molecule has 0 bridgehead atoms. The summed E-state index contributed by atoms with van der Waals surface area (Å²) < 4.78 is 0. The zero-order valence-corrected chi connectivity index (χ0v) is 14.3.